The Morgan fingerprint density at radius 2 is 1.62 bits per heavy atom. The van der Waals surface area contributed by atoms with Crippen molar-refractivity contribution >= 4 is 0 Å². The molecule has 0 amide bonds. The van der Waals surface area contributed by atoms with E-state index in [1.165, 1.54) is 19.3 Å². The molecule has 0 nitrogen and oxygen atoms in total. The predicted octanol–water partition coefficient (Wildman–Crippen LogP) is 4.66. The second-order valence-electron chi connectivity index (χ2n) is 4.47. The quantitative estimate of drug-likeness (QED) is 0.524. The van der Waals surface area contributed by atoms with Gasteiger partial charge in [0.2, 0.25) is 0 Å². The van der Waals surface area contributed by atoms with Crippen LogP contribution in [0.5, 0.6) is 0 Å². The van der Waals surface area contributed by atoms with Crippen molar-refractivity contribution in [1.29, 1.82) is 0 Å². The first kappa shape index (κ1) is 12.7. The Labute approximate surface area is 84.4 Å². The van der Waals surface area contributed by atoms with Crippen LogP contribution in [-0.4, -0.2) is 0 Å². The Morgan fingerprint density at radius 3 is 2.00 bits per heavy atom. The van der Waals surface area contributed by atoms with Gasteiger partial charge in [-0.2, -0.15) is 0 Å². The summed E-state index contributed by atoms with van der Waals surface area (Å²) in [6.07, 6.45) is 8.73. The van der Waals surface area contributed by atoms with E-state index < -0.39 is 0 Å². The molecule has 0 spiro atoms. The SMILES string of the molecule is CCCC(C=CC(C)C)C(C)CC. The summed E-state index contributed by atoms with van der Waals surface area (Å²) in [5.41, 5.74) is 0. The molecule has 0 heteroatoms. The van der Waals surface area contributed by atoms with Crippen LogP contribution in [0, 0.1) is 17.8 Å². The van der Waals surface area contributed by atoms with Gasteiger partial charge in [-0.15, -0.1) is 0 Å². The van der Waals surface area contributed by atoms with E-state index in [1.807, 2.05) is 0 Å². The van der Waals surface area contributed by atoms with Crippen molar-refractivity contribution < 1.29 is 0 Å². The van der Waals surface area contributed by atoms with Crippen LogP contribution in [0.4, 0.5) is 0 Å². The van der Waals surface area contributed by atoms with Gasteiger partial charge >= 0.3 is 0 Å². The average molecular weight is 182 g/mol. The highest BCUT2D eigenvalue weighted by Crippen LogP contribution is 2.22. The highest BCUT2D eigenvalue weighted by atomic mass is 14.2. The minimum Gasteiger partial charge on any atom is -0.0857 e. The summed E-state index contributed by atoms with van der Waals surface area (Å²) in [4.78, 5) is 0. The topological polar surface area (TPSA) is 0 Å². The summed E-state index contributed by atoms with van der Waals surface area (Å²) in [5, 5.41) is 0. The average Bonchev–Trinajstić information content (AvgIpc) is 2.10. The third kappa shape index (κ3) is 5.90. The highest BCUT2D eigenvalue weighted by molar-refractivity contribution is 4.92. The van der Waals surface area contributed by atoms with Crippen LogP contribution in [0.25, 0.3) is 0 Å². The summed E-state index contributed by atoms with van der Waals surface area (Å²) in [6.45, 7) is 11.4. The van der Waals surface area contributed by atoms with Crippen molar-refractivity contribution in [2.45, 2.75) is 53.9 Å². The second-order valence-corrected chi connectivity index (χ2v) is 4.47. The molecule has 0 N–H and O–H groups in total. The minimum absolute atomic E-state index is 0.698. The van der Waals surface area contributed by atoms with E-state index >= 15 is 0 Å². The van der Waals surface area contributed by atoms with Gasteiger partial charge in [0.1, 0.15) is 0 Å². The summed E-state index contributed by atoms with van der Waals surface area (Å²) in [5.74, 6) is 2.34. The van der Waals surface area contributed by atoms with Gasteiger partial charge in [-0.25, -0.2) is 0 Å². The normalized spacial score (nSPS) is 16.8. The van der Waals surface area contributed by atoms with Gasteiger partial charge in [0.25, 0.3) is 0 Å². The third-order valence-electron chi connectivity index (χ3n) is 2.74. The fourth-order valence-electron chi connectivity index (χ4n) is 1.57. The molecule has 2 unspecified atom stereocenters. The lowest BCUT2D eigenvalue weighted by molar-refractivity contribution is 0.389. The molecule has 78 valence electrons. The molecule has 0 aliphatic heterocycles. The summed E-state index contributed by atoms with van der Waals surface area (Å²) in [6, 6.07) is 0. The van der Waals surface area contributed by atoms with Gasteiger partial charge in [0, 0.05) is 0 Å². The van der Waals surface area contributed by atoms with E-state index in [0.29, 0.717) is 5.92 Å². The zero-order chi connectivity index (χ0) is 10.3. The first-order valence-corrected chi connectivity index (χ1v) is 5.80. The standard InChI is InChI=1S/C13H26/c1-6-8-13(12(5)7-2)10-9-11(3)4/h9-13H,6-8H2,1-5H3. The largest absolute Gasteiger partial charge is 0.0857 e. The lowest BCUT2D eigenvalue weighted by atomic mass is 9.87. The molecule has 0 aromatic rings. The van der Waals surface area contributed by atoms with Crippen LogP contribution < -0.4 is 0 Å². The molecule has 13 heavy (non-hydrogen) atoms. The number of hydrogen-bond donors (Lipinski definition) is 0. The number of rotatable bonds is 6. The molecule has 0 aliphatic rings. The predicted molar refractivity (Wildman–Crippen MR) is 61.8 cm³/mol. The van der Waals surface area contributed by atoms with Crippen molar-refractivity contribution in [3.05, 3.63) is 12.2 Å². The van der Waals surface area contributed by atoms with Gasteiger partial charge in [0.05, 0.1) is 0 Å². The maximum atomic E-state index is 2.43. The van der Waals surface area contributed by atoms with Crippen LogP contribution in [-0.2, 0) is 0 Å². The zero-order valence-corrected chi connectivity index (χ0v) is 10.0. The van der Waals surface area contributed by atoms with Crippen LogP contribution >= 0.6 is 0 Å². The van der Waals surface area contributed by atoms with Crippen molar-refractivity contribution in [2.24, 2.45) is 17.8 Å². The molecule has 0 saturated carbocycles. The smallest absolute Gasteiger partial charge is 0.0208 e. The van der Waals surface area contributed by atoms with E-state index in [-0.39, 0.29) is 0 Å². The van der Waals surface area contributed by atoms with Crippen molar-refractivity contribution in [3.8, 4) is 0 Å². The third-order valence-corrected chi connectivity index (χ3v) is 2.74. The fraction of sp³-hybridized carbons (Fsp3) is 0.846. The lowest BCUT2D eigenvalue weighted by Gasteiger charge is -2.19. The number of hydrogen-bond acceptors (Lipinski definition) is 0. The Hall–Kier alpha value is -0.260. The summed E-state index contributed by atoms with van der Waals surface area (Å²) in [7, 11) is 0. The van der Waals surface area contributed by atoms with Crippen LogP contribution in [0.15, 0.2) is 12.2 Å². The van der Waals surface area contributed by atoms with Gasteiger partial charge in [0.15, 0.2) is 0 Å². The Bertz CT molecular complexity index is 133. The molecule has 0 bridgehead atoms. The molecule has 0 saturated heterocycles. The molecule has 0 aromatic carbocycles. The lowest BCUT2D eigenvalue weighted by Crippen LogP contribution is -2.08. The Morgan fingerprint density at radius 1 is 1.00 bits per heavy atom. The molecular weight excluding hydrogens is 156 g/mol. The zero-order valence-electron chi connectivity index (χ0n) is 10.0. The Balaban J connectivity index is 4.08. The fourth-order valence-corrected chi connectivity index (χ4v) is 1.57. The van der Waals surface area contributed by atoms with Gasteiger partial charge in [-0.05, 0) is 24.2 Å². The molecule has 0 aliphatic carbocycles. The molecular formula is C13H26. The maximum absolute atomic E-state index is 2.43. The van der Waals surface area contributed by atoms with Gasteiger partial charge in [-0.1, -0.05) is 59.6 Å². The second kappa shape index (κ2) is 7.17. The summed E-state index contributed by atoms with van der Waals surface area (Å²) >= 11 is 0. The molecule has 0 fully saturated rings. The van der Waals surface area contributed by atoms with E-state index in [4.69, 9.17) is 0 Å². The first-order valence-electron chi connectivity index (χ1n) is 5.80. The van der Waals surface area contributed by atoms with Crippen LogP contribution in [0.1, 0.15) is 53.9 Å². The van der Waals surface area contributed by atoms with E-state index in [0.717, 1.165) is 11.8 Å². The summed E-state index contributed by atoms with van der Waals surface area (Å²) < 4.78 is 0. The molecule has 0 aromatic heterocycles. The monoisotopic (exact) mass is 182 g/mol. The molecule has 0 rings (SSSR count). The maximum Gasteiger partial charge on any atom is -0.0208 e. The first-order chi connectivity index (χ1) is 6.11. The van der Waals surface area contributed by atoms with Crippen LogP contribution in [0.3, 0.4) is 0 Å². The van der Waals surface area contributed by atoms with E-state index in [9.17, 15) is 0 Å². The van der Waals surface area contributed by atoms with Crippen molar-refractivity contribution in [2.75, 3.05) is 0 Å². The molecule has 0 heterocycles. The van der Waals surface area contributed by atoms with Crippen molar-refractivity contribution in [1.82, 2.24) is 0 Å². The number of allylic oxidation sites excluding steroid dienone is 2. The highest BCUT2D eigenvalue weighted by Gasteiger charge is 2.10. The van der Waals surface area contributed by atoms with Crippen LogP contribution in [0.2, 0.25) is 0 Å². The Kier molecular flexibility index (Phi) is 7.03. The van der Waals surface area contributed by atoms with Gasteiger partial charge < -0.3 is 0 Å². The minimum atomic E-state index is 0.698. The molecule has 0 radical (unpaired) electrons. The molecule has 2 atom stereocenters. The van der Waals surface area contributed by atoms with E-state index in [1.54, 1.807) is 0 Å². The van der Waals surface area contributed by atoms with Crippen molar-refractivity contribution in [3.63, 3.8) is 0 Å². The van der Waals surface area contributed by atoms with Gasteiger partial charge in [-0.3, -0.25) is 0 Å². The van der Waals surface area contributed by atoms with E-state index in [2.05, 4.69) is 46.8 Å².